The highest BCUT2D eigenvalue weighted by atomic mass is 32.2. The van der Waals surface area contributed by atoms with Crippen molar-refractivity contribution in [3.63, 3.8) is 0 Å². The molecule has 2 aromatic rings. The number of nitrogens with one attached hydrogen (secondary N) is 1. The summed E-state index contributed by atoms with van der Waals surface area (Å²) in [7, 11) is 2.08. The third-order valence-corrected chi connectivity index (χ3v) is 5.07. The molecule has 3 nitrogen and oxygen atoms in total. The highest BCUT2D eigenvalue weighted by Crippen LogP contribution is 2.40. The number of benzene rings is 2. The van der Waals surface area contributed by atoms with Crippen molar-refractivity contribution in [1.82, 2.24) is 4.90 Å². The van der Waals surface area contributed by atoms with E-state index in [0.717, 1.165) is 16.8 Å². The number of carbonyl (C=O) groups excluding carboxylic acids is 1. The Hall–Kier alpha value is -2.46. The molecule has 2 aliphatic heterocycles. The van der Waals surface area contributed by atoms with E-state index in [2.05, 4.69) is 53.0 Å². The fourth-order valence-electron chi connectivity index (χ4n) is 2.87. The van der Waals surface area contributed by atoms with Gasteiger partial charge in [-0.05, 0) is 34.9 Å². The van der Waals surface area contributed by atoms with Crippen molar-refractivity contribution in [2.24, 2.45) is 0 Å². The van der Waals surface area contributed by atoms with Crippen molar-refractivity contribution in [2.45, 2.75) is 6.42 Å². The maximum absolute atomic E-state index is 11.5. The zero-order chi connectivity index (χ0) is 15.8. The number of amides is 1. The predicted molar refractivity (Wildman–Crippen MR) is 96.5 cm³/mol. The van der Waals surface area contributed by atoms with Gasteiger partial charge < -0.3 is 10.2 Å². The molecule has 0 saturated carbocycles. The second kappa shape index (κ2) is 5.63. The summed E-state index contributed by atoms with van der Waals surface area (Å²) in [5.74, 6) is 0.0740. The molecule has 2 heterocycles. The number of hydrogen-bond acceptors (Lipinski definition) is 3. The zero-order valence-electron chi connectivity index (χ0n) is 12.7. The molecule has 0 radical (unpaired) electrons. The van der Waals surface area contributed by atoms with Crippen molar-refractivity contribution < 1.29 is 4.79 Å². The van der Waals surface area contributed by atoms with Crippen LogP contribution in [0.5, 0.6) is 0 Å². The van der Waals surface area contributed by atoms with Crippen LogP contribution in [-0.4, -0.2) is 17.9 Å². The minimum absolute atomic E-state index is 0.0740. The lowest BCUT2D eigenvalue weighted by molar-refractivity contribution is -0.115. The van der Waals surface area contributed by atoms with Crippen LogP contribution in [0, 0.1) is 0 Å². The van der Waals surface area contributed by atoms with Crippen molar-refractivity contribution >= 4 is 35.1 Å². The fourth-order valence-corrected chi connectivity index (χ4v) is 3.85. The van der Waals surface area contributed by atoms with Gasteiger partial charge in [0.1, 0.15) is 0 Å². The number of carbonyl (C=O) groups is 1. The molecule has 23 heavy (non-hydrogen) atoms. The summed E-state index contributed by atoms with van der Waals surface area (Å²) in [4.78, 5) is 13.7. The number of anilines is 1. The number of hydrogen-bond donors (Lipinski definition) is 1. The number of nitrogens with zero attached hydrogens (tertiary/aromatic N) is 1. The molecule has 0 atom stereocenters. The third kappa shape index (κ3) is 2.66. The van der Waals surface area contributed by atoms with E-state index in [1.807, 2.05) is 24.3 Å². The normalized spacial score (nSPS) is 18.1. The molecular formula is C19H16N2OS. The average molecular weight is 320 g/mol. The summed E-state index contributed by atoms with van der Waals surface area (Å²) in [6.07, 6.45) is 2.66. The number of thioether (sulfide) groups is 1. The Kier molecular flexibility index (Phi) is 3.46. The fraction of sp³-hybridized carbons (Fsp3) is 0.105. The molecule has 1 N–H and O–H groups in total. The summed E-state index contributed by atoms with van der Waals surface area (Å²) >= 11 is 1.72. The molecular weight excluding hydrogens is 304 g/mol. The van der Waals surface area contributed by atoms with Crippen molar-refractivity contribution in [3.8, 4) is 0 Å². The van der Waals surface area contributed by atoms with E-state index in [9.17, 15) is 4.79 Å². The van der Waals surface area contributed by atoms with E-state index in [-0.39, 0.29) is 5.91 Å². The van der Waals surface area contributed by atoms with Crippen LogP contribution < -0.4 is 5.32 Å². The molecule has 0 bridgehead atoms. The highest BCUT2D eigenvalue weighted by Gasteiger charge is 2.22. The Morgan fingerprint density at radius 3 is 2.83 bits per heavy atom. The minimum atomic E-state index is 0.0740. The first kappa shape index (κ1) is 14.2. The van der Waals surface area contributed by atoms with Gasteiger partial charge in [-0.2, -0.15) is 0 Å². The second-order valence-electron chi connectivity index (χ2n) is 5.67. The number of fused-ring (bicyclic) bond motifs is 1. The van der Waals surface area contributed by atoms with E-state index < -0.39 is 0 Å². The third-order valence-electron chi connectivity index (χ3n) is 4.10. The number of rotatable bonds is 2. The molecule has 1 amide bonds. The Morgan fingerprint density at radius 2 is 2.00 bits per heavy atom. The molecule has 0 spiro atoms. The SMILES string of the molecule is CN1C(=Cc2ccccc2)SC=C1c1ccc2c(c1)CC(=O)N2. The van der Waals surface area contributed by atoms with Gasteiger partial charge in [0, 0.05) is 18.1 Å². The smallest absolute Gasteiger partial charge is 0.228 e. The standard InChI is InChI=1S/C19H16N2OS/c1-21-17(12-23-19(21)9-13-5-3-2-4-6-13)14-7-8-16-15(10-14)11-18(22)20-16/h2-10,12H,11H2,1H3,(H,20,22). The molecule has 2 aromatic carbocycles. The molecule has 2 aliphatic rings. The minimum Gasteiger partial charge on any atom is -0.338 e. The quantitative estimate of drug-likeness (QED) is 0.902. The molecule has 0 aromatic heterocycles. The lowest BCUT2D eigenvalue weighted by Gasteiger charge is -2.18. The van der Waals surface area contributed by atoms with E-state index in [0.29, 0.717) is 6.42 Å². The van der Waals surface area contributed by atoms with E-state index in [1.54, 1.807) is 11.8 Å². The van der Waals surface area contributed by atoms with Gasteiger partial charge in [0.25, 0.3) is 0 Å². The monoisotopic (exact) mass is 320 g/mol. The van der Waals surface area contributed by atoms with Crippen LogP contribution in [0.15, 0.2) is 59.0 Å². The molecule has 0 unspecified atom stereocenters. The maximum atomic E-state index is 11.5. The van der Waals surface area contributed by atoms with Crippen LogP contribution in [-0.2, 0) is 11.2 Å². The maximum Gasteiger partial charge on any atom is 0.228 e. The lowest BCUT2D eigenvalue weighted by Crippen LogP contribution is -2.10. The van der Waals surface area contributed by atoms with Crippen LogP contribution >= 0.6 is 11.8 Å². The highest BCUT2D eigenvalue weighted by molar-refractivity contribution is 8.06. The Labute approximate surface area is 139 Å². The van der Waals surface area contributed by atoms with Gasteiger partial charge in [0.05, 0.1) is 17.1 Å². The van der Waals surface area contributed by atoms with Crippen LogP contribution in [0.2, 0.25) is 0 Å². The summed E-state index contributed by atoms with van der Waals surface area (Å²) in [5, 5.41) is 6.24. The predicted octanol–water partition coefficient (Wildman–Crippen LogP) is 4.16. The summed E-state index contributed by atoms with van der Waals surface area (Å²) in [5.41, 5.74) is 5.52. The zero-order valence-corrected chi connectivity index (χ0v) is 13.6. The van der Waals surface area contributed by atoms with E-state index in [1.165, 1.54) is 16.3 Å². The van der Waals surface area contributed by atoms with Crippen molar-refractivity contribution in [3.05, 3.63) is 75.7 Å². The van der Waals surface area contributed by atoms with E-state index >= 15 is 0 Å². The van der Waals surface area contributed by atoms with Crippen molar-refractivity contribution in [2.75, 3.05) is 12.4 Å². The molecule has 4 rings (SSSR count). The molecule has 114 valence electrons. The Balaban J connectivity index is 1.61. The van der Waals surface area contributed by atoms with Gasteiger partial charge in [0.15, 0.2) is 0 Å². The first-order valence-corrected chi connectivity index (χ1v) is 8.39. The average Bonchev–Trinajstić information content (AvgIpc) is 3.10. The first-order valence-electron chi connectivity index (χ1n) is 7.51. The van der Waals surface area contributed by atoms with Gasteiger partial charge in [-0.25, -0.2) is 0 Å². The molecule has 0 fully saturated rings. The summed E-state index contributed by atoms with van der Waals surface area (Å²) in [6, 6.07) is 16.5. The Bertz CT molecular complexity index is 840. The van der Waals surface area contributed by atoms with E-state index in [4.69, 9.17) is 0 Å². The topological polar surface area (TPSA) is 32.3 Å². The van der Waals surface area contributed by atoms with Gasteiger partial charge in [-0.15, -0.1) is 0 Å². The van der Waals surface area contributed by atoms with Gasteiger partial charge in [-0.3, -0.25) is 4.79 Å². The van der Waals surface area contributed by atoms with Crippen LogP contribution in [0.25, 0.3) is 11.8 Å². The summed E-state index contributed by atoms with van der Waals surface area (Å²) < 4.78 is 0. The van der Waals surface area contributed by atoms with Gasteiger partial charge in [0.2, 0.25) is 5.91 Å². The lowest BCUT2D eigenvalue weighted by atomic mass is 10.1. The molecule has 0 aliphatic carbocycles. The van der Waals surface area contributed by atoms with Gasteiger partial charge in [-0.1, -0.05) is 48.2 Å². The van der Waals surface area contributed by atoms with Crippen molar-refractivity contribution in [1.29, 1.82) is 0 Å². The Morgan fingerprint density at radius 1 is 1.17 bits per heavy atom. The van der Waals surface area contributed by atoms with Crippen LogP contribution in [0.3, 0.4) is 0 Å². The van der Waals surface area contributed by atoms with Crippen LogP contribution in [0.1, 0.15) is 16.7 Å². The molecule has 4 heteroatoms. The first-order chi connectivity index (χ1) is 11.2. The van der Waals surface area contributed by atoms with Crippen LogP contribution in [0.4, 0.5) is 5.69 Å². The van der Waals surface area contributed by atoms with Gasteiger partial charge >= 0.3 is 0 Å². The summed E-state index contributed by atoms with van der Waals surface area (Å²) in [6.45, 7) is 0. The second-order valence-corrected chi connectivity index (χ2v) is 6.56. The largest absolute Gasteiger partial charge is 0.338 e. The molecule has 0 saturated heterocycles.